The van der Waals surface area contributed by atoms with Gasteiger partial charge in [-0.05, 0) is 31.4 Å². The fraction of sp³-hybridized carbons (Fsp3) is 0.571. The van der Waals surface area contributed by atoms with E-state index in [1.54, 1.807) is 7.05 Å². The number of aryl methyl sites for hydroxylation is 1. The molecule has 1 aromatic heterocycles. The molecule has 108 valence electrons. The number of aliphatic imine (C=N–C) groups is 1. The largest absolute Gasteiger partial charge is 0.356 e. The first-order valence-electron chi connectivity index (χ1n) is 6.49. The van der Waals surface area contributed by atoms with Crippen LogP contribution in [0.25, 0.3) is 0 Å². The minimum atomic E-state index is 0. The number of hydrogen-bond donors (Lipinski definition) is 2. The topological polar surface area (TPSA) is 49.3 Å². The van der Waals surface area contributed by atoms with Crippen molar-refractivity contribution in [2.45, 2.75) is 33.7 Å². The van der Waals surface area contributed by atoms with Crippen molar-refractivity contribution in [2.75, 3.05) is 13.6 Å². The number of pyridine rings is 1. The van der Waals surface area contributed by atoms with Gasteiger partial charge in [-0.25, -0.2) is 0 Å². The molecule has 5 heteroatoms. The highest BCUT2D eigenvalue weighted by Crippen LogP contribution is 1.98. The Morgan fingerprint density at radius 1 is 1.32 bits per heavy atom. The van der Waals surface area contributed by atoms with Crippen LogP contribution in [0.5, 0.6) is 0 Å². The Kier molecular flexibility index (Phi) is 9.55. The van der Waals surface area contributed by atoms with E-state index < -0.39 is 0 Å². The molecule has 19 heavy (non-hydrogen) atoms. The maximum absolute atomic E-state index is 4.44. The van der Waals surface area contributed by atoms with Gasteiger partial charge in [-0.1, -0.05) is 19.9 Å². The van der Waals surface area contributed by atoms with Gasteiger partial charge in [-0.3, -0.25) is 9.98 Å². The van der Waals surface area contributed by atoms with Gasteiger partial charge in [0.15, 0.2) is 5.96 Å². The summed E-state index contributed by atoms with van der Waals surface area (Å²) in [5.74, 6) is 1.54. The molecular weight excluding hydrogens is 351 g/mol. The molecule has 0 saturated heterocycles. The van der Waals surface area contributed by atoms with Gasteiger partial charge in [0.2, 0.25) is 0 Å². The first-order valence-corrected chi connectivity index (χ1v) is 6.49. The normalized spacial score (nSPS) is 11.1. The Morgan fingerprint density at radius 3 is 2.63 bits per heavy atom. The Bertz CT molecular complexity index is 391. The van der Waals surface area contributed by atoms with Crippen molar-refractivity contribution in [2.24, 2.45) is 10.9 Å². The van der Waals surface area contributed by atoms with Crippen LogP contribution in [0.2, 0.25) is 0 Å². The van der Waals surface area contributed by atoms with Crippen LogP contribution in [0.3, 0.4) is 0 Å². The van der Waals surface area contributed by atoms with Gasteiger partial charge >= 0.3 is 0 Å². The summed E-state index contributed by atoms with van der Waals surface area (Å²) >= 11 is 0. The van der Waals surface area contributed by atoms with E-state index in [1.165, 1.54) is 0 Å². The number of aromatic nitrogens is 1. The molecular formula is C14H25IN4. The van der Waals surface area contributed by atoms with Crippen molar-refractivity contribution < 1.29 is 0 Å². The molecule has 0 amide bonds. The highest BCUT2D eigenvalue weighted by Gasteiger charge is 2.00. The molecule has 0 unspecified atom stereocenters. The zero-order chi connectivity index (χ0) is 13.4. The van der Waals surface area contributed by atoms with E-state index in [2.05, 4.69) is 34.5 Å². The fourth-order valence-corrected chi connectivity index (χ4v) is 1.57. The van der Waals surface area contributed by atoms with Gasteiger partial charge < -0.3 is 10.6 Å². The number of rotatable bonds is 5. The molecule has 0 radical (unpaired) electrons. The predicted molar refractivity (Wildman–Crippen MR) is 92.0 cm³/mol. The van der Waals surface area contributed by atoms with Gasteiger partial charge in [0.25, 0.3) is 0 Å². The fourth-order valence-electron chi connectivity index (χ4n) is 1.57. The maximum Gasteiger partial charge on any atom is 0.191 e. The van der Waals surface area contributed by atoms with Crippen molar-refractivity contribution in [1.82, 2.24) is 15.6 Å². The lowest BCUT2D eigenvalue weighted by Crippen LogP contribution is -2.37. The van der Waals surface area contributed by atoms with Crippen LogP contribution in [0.15, 0.2) is 23.2 Å². The summed E-state index contributed by atoms with van der Waals surface area (Å²) < 4.78 is 0. The van der Waals surface area contributed by atoms with E-state index in [0.717, 1.165) is 30.3 Å². The lowest BCUT2D eigenvalue weighted by atomic mass is 10.1. The smallest absolute Gasteiger partial charge is 0.191 e. The Hall–Kier alpha value is -0.850. The van der Waals surface area contributed by atoms with E-state index in [4.69, 9.17) is 0 Å². The van der Waals surface area contributed by atoms with Crippen molar-refractivity contribution in [3.8, 4) is 0 Å². The highest BCUT2D eigenvalue weighted by molar-refractivity contribution is 14.0. The van der Waals surface area contributed by atoms with Crippen molar-refractivity contribution in [3.05, 3.63) is 29.6 Å². The van der Waals surface area contributed by atoms with E-state index in [1.807, 2.05) is 25.1 Å². The number of nitrogens with zero attached hydrogens (tertiary/aromatic N) is 2. The van der Waals surface area contributed by atoms with Crippen LogP contribution in [0.1, 0.15) is 31.7 Å². The lowest BCUT2D eigenvalue weighted by Gasteiger charge is -2.12. The minimum Gasteiger partial charge on any atom is -0.356 e. The molecule has 0 spiro atoms. The second-order valence-corrected chi connectivity index (χ2v) is 4.81. The molecule has 1 rings (SSSR count). The molecule has 0 aromatic carbocycles. The van der Waals surface area contributed by atoms with Crippen LogP contribution in [0, 0.1) is 12.8 Å². The third-order valence-corrected chi connectivity index (χ3v) is 2.62. The Morgan fingerprint density at radius 2 is 2.05 bits per heavy atom. The summed E-state index contributed by atoms with van der Waals surface area (Å²) in [7, 11) is 1.79. The summed E-state index contributed by atoms with van der Waals surface area (Å²) in [6.07, 6.45) is 1.14. The van der Waals surface area contributed by atoms with Gasteiger partial charge in [0, 0.05) is 19.3 Å². The van der Waals surface area contributed by atoms with E-state index in [0.29, 0.717) is 12.5 Å². The van der Waals surface area contributed by atoms with Crippen molar-refractivity contribution in [1.29, 1.82) is 0 Å². The Labute approximate surface area is 133 Å². The van der Waals surface area contributed by atoms with Crippen LogP contribution in [-0.2, 0) is 6.54 Å². The molecule has 0 fully saturated rings. The Balaban J connectivity index is 0.00000324. The third kappa shape index (κ3) is 8.02. The predicted octanol–water partition coefficient (Wildman–Crippen LogP) is 2.72. The molecule has 4 nitrogen and oxygen atoms in total. The summed E-state index contributed by atoms with van der Waals surface area (Å²) in [5.41, 5.74) is 2.07. The molecule has 2 N–H and O–H groups in total. The van der Waals surface area contributed by atoms with Crippen LogP contribution < -0.4 is 10.6 Å². The zero-order valence-corrected chi connectivity index (χ0v) is 14.6. The number of nitrogens with one attached hydrogen (secondary N) is 2. The SMILES string of the molecule is CN=C(NCCC(C)C)NCc1cccc(C)n1.I. The molecule has 0 saturated carbocycles. The van der Waals surface area contributed by atoms with Crippen LogP contribution >= 0.6 is 24.0 Å². The van der Waals surface area contributed by atoms with Gasteiger partial charge in [0.05, 0.1) is 12.2 Å². The molecule has 0 aliphatic heterocycles. The van der Waals surface area contributed by atoms with Crippen LogP contribution in [-0.4, -0.2) is 24.5 Å². The quantitative estimate of drug-likeness (QED) is 0.472. The summed E-state index contributed by atoms with van der Waals surface area (Å²) in [4.78, 5) is 8.63. The lowest BCUT2D eigenvalue weighted by molar-refractivity contribution is 0.573. The van der Waals surface area contributed by atoms with E-state index in [-0.39, 0.29) is 24.0 Å². The van der Waals surface area contributed by atoms with Crippen molar-refractivity contribution in [3.63, 3.8) is 0 Å². The monoisotopic (exact) mass is 376 g/mol. The van der Waals surface area contributed by atoms with Crippen molar-refractivity contribution >= 4 is 29.9 Å². The third-order valence-electron chi connectivity index (χ3n) is 2.62. The average molecular weight is 376 g/mol. The van der Waals surface area contributed by atoms with E-state index in [9.17, 15) is 0 Å². The maximum atomic E-state index is 4.44. The summed E-state index contributed by atoms with van der Waals surface area (Å²) in [6.45, 7) is 8.07. The van der Waals surface area contributed by atoms with Crippen LogP contribution in [0.4, 0.5) is 0 Å². The average Bonchev–Trinajstić information content (AvgIpc) is 2.33. The molecule has 1 heterocycles. The van der Waals surface area contributed by atoms with E-state index >= 15 is 0 Å². The standard InChI is InChI=1S/C14H24N4.HI/c1-11(2)8-9-16-14(15-4)17-10-13-7-5-6-12(3)18-13;/h5-7,11H,8-10H2,1-4H3,(H2,15,16,17);1H. The summed E-state index contributed by atoms with van der Waals surface area (Å²) in [5, 5.41) is 6.56. The molecule has 0 aliphatic rings. The van der Waals surface area contributed by atoms with Gasteiger partial charge in [-0.15, -0.1) is 24.0 Å². The molecule has 1 aromatic rings. The number of halogens is 1. The second-order valence-electron chi connectivity index (χ2n) is 4.81. The highest BCUT2D eigenvalue weighted by atomic mass is 127. The van der Waals surface area contributed by atoms with Gasteiger partial charge in [-0.2, -0.15) is 0 Å². The minimum absolute atomic E-state index is 0. The summed E-state index contributed by atoms with van der Waals surface area (Å²) in [6, 6.07) is 6.04. The number of hydrogen-bond acceptors (Lipinski definition) is 2. The molecule has 0 atom stereocenters. The molecule has 0 aliphatic carbocycles. The van der Waals surface area contributed by atoms with Gasteiger partial charge in [0.1, 0.15) is 0 Å². The first kappa shape index (κ1) is 18.1. The number of guanidine groups is 1. The zero-order valence-electron chi connectivity index (χ0n) is 12.2. The first-order chi connectivity index (χ1) is 8.61. The molecule has 0 bridgehead atoms. The second kappa shape index (κ2) is 10.00.